The molecule has 114 valence electrons. The number of esters is 2. The molecule has 0 fully saturated rings. The molecule has 1 unspecified atom stereocenters. The topological polar surface area (TPSA) is 90.9 Å². The third-order valence-corrected chi connectivity index (χ3v) is 2.04. The molecule has 7 heteroatoms. The van der Waals surface area contributed by atoms with Gasteiger partial charge in [-0.1, -0.05) is 6.58 Å². The van der Waals surface area contributed by atoms with E-state index >= 15 is 0 Å². The molecule has 0 rings (SSSR count). The molecule has 7 nitrogen and oxygen atoms in total. The van der Waals surface area contributed by atoms with Crippen LogP contribution >= 0.6 is 0 Å². The van der Waals surface area contributed by atoms with E-state index in [0.717, 1.165) is 0 Å². The lowest BCUT2D eigenvalue weighted by molar-refractivity contribution is -0.173. The third kappa shape index (κ3) is 9.09. The Hall–Kier alpha value is -1.89. The number of amides is 1. The van der Waals surface area contributed by atoms with Gasteiger partial charge >= 0.3 is 11.9 Å². The molecule has 0 heterocycles. The molecule has 20 heavy (non-hydrogen) atoms. The summed E-state index contributed by atoms with van der Waals surface area (Å²) in [5.74, 6) is -1.57. The van der Waals surface area contributed by atoms with Gasteiger partial charge in [0.05, 0.1) is 6.42 Å². The number of carbonyl (C=O) groups excluding carboxylic acids is 3. The van der Waals surface area contributed by atoms with Crippen LogP contribution in [0.1, 0.15) is 27.2 Å². The molecule has 0 bridgehead atoms. The van der Waals surface area contributed by atoms with E-state index in [1.165, 1.54) is 6.92 Å². The fourth-order valence-corrected chi connectivity index (χ4v) is 1.11. The van der Waals surface area contributed by atoms with Crippen molar-refractivity contribution < 1.29 is 28.6 Å². The van der Waals surface area contributed by atoms with Crippen molar-refractivity contribution >= 4 is 17.8 Å². The standard InChI is InChI=1S/C13H21NO6/c1-5-18-10(4)20-12(16)8-14-11(15)6-7-19-13(17)9(2)3/h10H,2,5-8H2,1,3-4H3,(H,14,15). The Morgan fingerprint density at radius 3 is 2.50 bits per heavy atom. The van der Waals surface area contributed by atoms with Crippen molar-refractivity contribution in [1.82, 2.24) is 5.32 Å². The summed E-state index contributed by atoms with van der Waals surface area (Å²) < 4.78 is 14.6. The zero-order chi connectivity index (χ0) is 15.5. The second-order valence-electron chi connectivity index (χ2n) is 3.96. The first-order valence-corrected chi connectivity index (χ1v) is 6.27. The van der Waals surface area contributed by atoms with Crippen molar-refractivity contribution in [2.45, 2.75) is 33.5 Å². The Kier molecular flexibility index (Phi) is 9.02. The summed E-state index contributed by atoms with van der Waals surface area (Å²) in [5, 5.41) is 2.35. The normalized spacial score (nSPS) is 11.3. The summed E-state index contributed by atoms with van der Waals surface area (Å²) in [6, 6.07) is 0. The van der Waals surface area contributed by atoms with E-state index in [2.05, 4.69) is 11.9 Å². The number of ether oxygens (including phenoxy) is 3. The summed E-state index contributed by atoms with van der Waals surface area (Å²) >= 11 is 0. The molecule has 1 N–H and O–H groups in total. The second kappa shape index (κ2) is 9.96. The van der Waals surface area contributed by atoms with E-state index < -0.39 is 24.1 Å². The second-order valence-corrected chi connectivity index (χ2v) is 3.96. The molecule has 0 aromatic rings. The predicted octanol–water partition coefficient (Wildman–Crippen LogP) is 0.538. The minimum absolute atomic E-state index is 0.0344. The van der Waals surface area contributed by atoms with Crippen LogP contribution in [0, 0.1) is 0 Å². The molecule has 0 saturated carbocycles. The lowest BCUT2D eigenvalue weighted by Crippen LogP contribution is -2.33. The van der Waals surface area contributed by atoms with Gasteiger partial charge in [-0.25, -0.2) is 4.79 Å². The van der Waals surface area contributed by atoms with E-state index in [4.69, 9.17) is 14.2 Å². The number of hydrogen-bond acceptors (Lipinski definition) is 6. The maximum Gasteiger partial charge on any atom is 0.333 e. The van der Waals surface area contributed by atoms with Crippen LogP contribution in [-0.2, 0) is 28.6 Å². The van der Waals surface area contributed by atoms with Gasteiger partial charge in [0.1, 0.15) is 13.2 Å². The number of rotatable bonds is 9. The van der Waals surface area contributed by atoms with Gasteiger partial charge in [0.2, 0.25) is 5.91 Å². The molecule has 0 aromatic carbocycles. The zero-order valence-corrected chi connectivity index (χ0v) is 12.1. The van der Waals surface area contributed by atoms with Crippen LogP contribution in [-0.4, -0.2) is 43.9 Å². The molecular weight excluding hydrogens is 266 g/mol. The van der Waals surface area contributed by atoms with Crippen LogP contribution in [0.25, 0.3) is 0 Å². The summed E-state index contributed by atoms with van der Waals surface area (Å²) in [6.45, 7) is 8.38. The Labute approximate surface area is 118 Å². The maximum absolute atomic E-state index is 11.3. The Morgan fingerprint density at radius 2 is 1.95 bits per heavy atom. The van der Waals surface area contributed by atoms with E-state index in [1.54, 1.807) is 13.8 Å². The zero-order valence-electron chi connectivity index (χ0n) is 12.1. The van der Waals surface area contributed by atoms with Crippen molar-refractivity contribution in [3.05, 3.63) is 12.2 Å². The van der Waals surface area contributed by atoms with Gasteiger partial charge in [-0.15, -0.1) is 0 Å². The molecular formula is C13H21NO6. The van der Waals surface area contributed by atoms with Crippen molar-refractivity contribution in [3.8, 4) is 0 Å². The van der Waals surface area contributed by atoms with Crippen LogP contribution in [0.4, 0.5) is 0 Å². The Bertz CT molecular complexity index is 366. The molecule has 0 saturated heterocycles. The van der Waals surface area contributed by atoms with Crippen molar-refractivity contribution in [2.75, 3.05) is 19.8 Å². The first-order valence-electron chi connectivity index (χ1n) is 6.27. The molecule has 1 amide bonds. The van der Waals surface area contributed by atoms with Crippen LogP contribution in [0.15, 0.2) is 12.2 Å². The quantitative estimate of drug-likeness (QED) is 0.378. The smallest absolute Gasteiger partial charge is 0.333 e. The summed E-state index contributed by atoms with van der Waals surface area (Å²) in [7, 11) is 0. The first-order chi connectivity index (χ1) is 9.36. The van der Waals surface area contributed by atoms with Crippen molar-refractivity contribution in [2.24, 2.45) is 0 Å². The fraction of sp³-hybridized carbons (Fsp3) is 0.615. The lowest BCUT2D eigenvalue weighted by Gasteiger charge is -2.13. The molecule has 0 aliphatic carbocycles. The number of nitrogens with one attached hydrogen (secondary N) is 1. The van der Waals surface area contributed by atoms with Crippen molar-refractivity contribution in [1.29, 1.82) is 0 Å². The molecule has 0 aromatic heterocycles. The lowest BCUT2D eigenvalue weighted by atomic mass is 10.3. The maximum atomic E-state index is 11.3. The molecule has 0 radical (unpaired) electrons. The Balaban J connectivity index is 3.75. The highest BCUT2D eigenvalue weighted by Crippen LogP contribution is 1.95. The molecule has 0 spiro atoms. The van der Waals surface area contributed by atoms with Gasteiger partial charge in [0.25, 0.3) is 0 Å². The minimum Gasteiger partial charge on any atom is -0.462 e. The van der Waals surface area contributed by atoms with E-state index in [9.17, 15) is 14.4 Å². The highest BCUT2D eigenvalue weighted by molar-refractivity contribution is 5.87. The average molecular weight is 287 g/mol. The summed E-state index contributed by atoms with van der Waals surface area (Å²) in [5.41, 5.74) is 0.263. The highest BCUT2D eigenvalue weighted by atomic mass is 16.7. The van der Waals surface area contributed by atoms with Gasteiger partial charge in [-0.2, -0.15) is 0 Å². The predicted molar refractivity (Wildman–Crippen MR) is 70.6 cm³/mol. The summed E-state index contributed by atoms with van der Waals surface area (Å²) in [4.78, 5) is 33.7. The minimum atomic E-state index is -0.652. The number of carbonyl (C=O) groups is 3. The highest BCUT2D eigenvalue weighted by Gasteiger charge is 2.11. The van der Waals surface area contributed by atoms with Crippen LogP contribution < -0.4 is 5.32 Å². The largest absolute Gasteiger partial charge is 0.462 e. The van der Waals surface area contributed by atoms with E-state index in [-0.39, 0.29) is 25.1 Å². The summed E-state index contributed by atoms with van der Waals surface area (Å²) in [6.07, 6.45) is -0.686. The van der Waals surface area contributed by atoms with E-state index in [0.29, 0.717) is 6.61 Å². The molecule has 0 aliphatic rings. The van der Waals surface area contributed by atoms with Gasteiger partial charge in [0.15, 0.2) is 6.29 Å². The Morgan fingerprint density at radius 1 is 1.30 bits per heavy atom. The van der Waals surface area contributed by atoms with Gasteiger partial charge < -0.3 is 19.5 Å². The monoisotopic (exact) mass is 287 g/mol. The van der Waals surface area contributed by atoms with Gasteiger partial charge in [-0.3, -0.25) is 9.59 Å². The SMILES string of the molecule is C=C(C)C(=O)OCCC(=O)NCC(=O)OC(C)OCC. The van der Waals surface area contributed by atoms with Crippen LogP contribution in [0.3, 0.4) is 0 Å². The van der Waals surface area contributed by atoms with E-state index in [1.807, 2.05) is 0 Å². The fourth-order valence-electron chi connectivity index (χ4n) is 1.11. The first kappa shape index (κ1) is 18.1. The van der Waals surface area contributed by atoms with Gasteiger partial charge in [-0.05, 0) is 20.8 Å². The third-order valence-electron chi connectivity index (χ3n) is 2.04. The number of hydrogen-bond donors (Lipinski definition) is 1. The van der Waals surface area contributed by atoms with Crippen LogP contribution in [0.5, 0.6) is 0 Å². The van der Waals surface area contributed by atoms with Crippen molar-refractivity contribution in [3.63, 3.8) is 0 Å². The van der Waals surface area contributed by atoms with Gasteiger partial charge in [0, 0.05) is 12.2 Å². The molecule has 1 atom stereocenters. The molecule has 0 aliphatic heterocycles. The van der Waals surface area contributed by atoms with Crippen LogP contribution in [0.2, 0.25) is 0 Å². The average Bonchev–Trinajstić information content (AvgIpc) is 2.36.